The minimum atomic E-state index is -3.13. The molecular weight excluding hydrogens is 436 g/mol. The van der Waals surface area contributed by atoms with E-state index >= 15 is 0 Å². The van der Waals surface area contributed by atoms with Crippen LogP contribution in [0.25, 0.3) is 38.9 Å². The van der Waals surface area contributed by atoms with Crippen molar-refractivity contribution in [2.45, 2.75) is 19.4 Å². The molecule has 0 aliphatic carbocycles. The second-order valence-corrected chi connectivity index (χ2v) is 8.25. The molecule has 0 saturated heterocycles. The SMILES string of the molecule is Cc1nnc2c3cc(-c4ccccc4)c(-c4ccc(CNCC(F)(F)CO)cc4)nc3ccn12. The van der Waals surface area contributed by atoms with E-state index in [1.165, 1.54) is 0 Å². The normalized spacial score (nSPS) is 12.0. The number of hydrogen-bond donors (Lipinski definition) is 2. The van der Waals surface area contributed by atoms with Crippen molar-refractivity contribution in [1.29, 1.82) is 0 Å². The molecular formula is C26H23F2N5O. The summed E-state index contributed by atoms with van der Waals surface area (Å²) in [7, 11) is 0. The van der Waals surface area contributed by atoms with Crippen molar-refractivity contribution < 1.29 is 13.9 Å². The van der Waals surface area contributed by atoms with Crippen molar-refractivity contribution in [2.75, 3.05) is 13.2 Å². The highest BCUT2D eigenvalue weighted by atomic mass is 19.3. The first kappa shape index (κ1) is 22.1. The lowest BCUT2D eigenvalue weighted by Crippen LogP contribution is -2.35. The number of rotatable bonds is 7. The Bertz CT molecular complexity index is 1450. The zero-order chi connectivity index (χ0) is 23.7. The summed E-state index contributed by atoms with van der Waals surface area (Å²) in [5, 5.41) is 20.9. The maximum absolute atomic E-state index is 13.2. The fourth-order valence-corrected chi connectivity index (χ4v) is 3.99. The topological polar surface area (TPSA) is 75.3 Å². The van der Waals surface area contributed by atoms with Crippen LogP contribution in [0.2, 0.25) is 0 Å². The van der Waals surface area contributed by atoms with Crippen LogP contribution in [0.15, 0.2) is 72.9 Å². The summed E-state index contributed by atoms with van der Waals surface area (Å²) < 4.78 is 28.4. The minimum absolute atomic E-state index is 0.275. The number of nitrogens with one attached hydrogen (secondary N) is 1. The third kappa shape index (κ3) is 4.25. The fourth-order valence-electron chi connectivity index (χ4n) is 3.99. The highest BCUT2D eigenvalue weighted by Crippen LogP contribution is 2.34. The van der Waals surface area contributed by atoms with Crippen LogP contribution in [-0.2, 0) is 6.54 Å². The predicted molar refractivity (Wildman–Crippen MR) is 128 cm³/mol. The Hall–Kier alpha value is -3.75. The molecule has 172 valence electrons. The van der Waals surface area contributed by atoms with E-state index in [4.69, 9.17) is 10.1 Å². The smallest absolute Gasteiger partial charge is 0.282 e. The third-order valence-electron chi connectivity index (χ3n) is 5.80. The first-order chi connectivity index (χ1) is 16.4. The number of aliphatic hydroxyl groups is 1. The Morgan fingerprint density at radius 2 is 1.74 bits per heavy atom. The van der Waals surface area contributed by atoms with E-state index in [2.05, 4.69) is 21.6 Å². The van der Waals surface area contributed by atoms with E-state index in [-0.39, 0.29) is 6.54 Å². The number of aliphatic hydroxyl groups excluding tert-OH is 1. The van der Waals surface area contributed by atoms with E-state index < -0.39 is 19.1 Å². The second kappa shape index (κ2) is 8.89. The zero-order valence-electron chi connectivity index (χ0n) is 18.5. The molecule has 0 aliphatic rings. The predicted octanol–water partition coefficient (Wildman–Crippen LogP) is 4.64. The monoisotopic (exact) mass is 459 g/mol. The highest BCUT2D eigenvalue weighted by molar-refractivity contribution is 5.98. The molecule has 2 N–H and O–H groups in total. The van der Waals surface area contributed by atoms with Crippen molar-refractivity contribution in [3.05, 3.63) is 84.3 Å². The van der Waals surface area contributed by atoms with Crippen LogP contribution in [0.5, 0.6) is 0 Å². The average molecular weight is 460 g/mol. The minimum Gasteiger partial charge on any atom is -0.390 e. The number of hydrogen-bond acceptors (Lipinski definition) is 5. The van der Waals surface area contributed by atoms with E-state index in [1.807, 2.05) is 78.2 Å². The summed E-state index contributed by atoms with van der Waals surface area (Å²) in [5.74, 6) is -2.32. The highest BCUT2D eigenvalue weighted by Gasteiger charge is 2.26. The van der Waals surface area contributed by atoms with Crippen molar-refractivity contribution in [2.24, 2.45) is 0 Å². The van der Waals surface area contributed by atoms with Gasteiger partial charge >= 0.3 is 0 Å². The quantitative estimate of drug-likeness (QED) is 0.371. The van der Waals surface area contributed by atoms with E-state index in [0.29, 0.717) is 0 Å². The Labute approximate surface area is 194 Å². The van der Waals surface area contributed by atoms with Crippen LogP contribution in [0, 0.1) is 6.92 Å². The first-order valence-electron chi connectivity index (χ1n) is 10.9. The van der Waals surface area contributed by atoms with Crippen molar-refractivity contribution in [3.8, 4) is 22.4 Å². The van der Waals surface area contributed by atoms with Crippen LogP contribution >= 0.6 is 0 Å². The van der Waals surface area contributed by atoms with Gasteiger partial charge in [0.15, 0.2) is 5.65 Å². The van der Waals surface area contributed by atoms with Gasteiger partial charge < -0.3 is 10.4 Å². The zero-order valence-corrected chi connectivity index (χ0v) is 18.5. The van der Waals surface area contributed by atoms with E-state index in [9.17, 15) is 8.78 Å². The molecule has 0 fully saturated rings. The van der Waals surface area contributed by atoms with Gasteiger partial charge in [-0.15, -0.1) is 10.2 Å². The Kier molecular flexibility index (Phi) is 5.77. The van der Waals surface area contributed by atoms with E-state index in [0.717, 1.165) is 50.3 Å². The van der Waals surface area contributed by atoms with Gasteiger partial charge in [0.25, 0.3) is 5.92 Å². The molecule has 2 aromatic carbocycles. The van der Waals surface area contributed by atoms with Crippen molar-refractivity contribution in [3.63, 3.8) is 0 Å². The maximum atomic E-state index is 13.2. The van der Waals surface area contributed by atoms with E-state index in [1.54, 1.807) is 0 Å². The van der Waals surface area contributed by atoms with Gasteiger partial charge in [0.05, 0.1) is 17.8 Å². The molecule has 0 spiro atoms. The largest absolute Gasteiger partial charge is 0.390 e. The van der Waals surface area contributed by atoms with Crippen LogP contribution in [0.3, 0.4) is 0 Å². The standard InChI is InChI=1S/C26H23F2N5O/c1-17-31-32-25-22-13-21(19-5-3-2-4-6-19)24(30-23(22)11-12-33(17)25)20-9-7-18(8-10-20)14-29-15-26(27,28)16-34/h2-13,29,34H,14-16H2,1H3. The summed E-state index contributed by atoms with van der Waals surface area (Å²) in [6.07, 6.45) is 1.92. The van der Waals surface area contributed by atoms with Gasteiger partial charge in [-0.3, -0.25) is 4.40 Å². The number of halogens is 2. The molecule has 8 heteroatoms. The Morgan fingerprint density at radius 1 is 0.971 bits per heavy atom. The van der Waals surface area contributed by atoms with Crippen molar-refractivity contribution >= 4 is 16.6 Å². The number of nitrogens with zero attached hydrogens (tertiary/aromatic N) is 4. The molecule has 5 rings (SSSR count). The molecule has 0 radical (unpaired) electrons. The molecule has 3 aromatic heterocycles. The molecule has 0 aliphatic heterocycles. The molecule has 0 amide bonds. The summed E-state index contributed by atoms with van der Waals surface area (Å²) in [4.78, 5) is 4.99. The lowest BCUT2D eigenvalue weighted by atomic mass is 9.97. The number of alkyl halides is 2. The van der Waals surface area contributed by atoms with Crippen LogP contribution in [0.1, 0.15) is 11.4 Å². The molecule has 3 heterocycles. The number of fused-ring (bicyclic) bond motifs is 3. The van der Waals surface area contributed by atoms with Gasteiger partial charge in [0.2, 0.25) is 0 Å². The number of pyridine rings is 2. The maximum Gasteiger partial charge on any atom is 0.282 e. The molecule has 0 bridgehead atoms. The van der Waals surface area contributed by atoms with Gasteiger partial charge in [-0.1, -0.05) is 54.6 Å². The summed E-state index contributed by atoms with van der Waals surface area (Å²) in [5.41, 5.74) is 6.17. The number of aromatic nitrogens is 4. The molecule has 0 unspecified atom stereocenters. The molecule has 0 atom stereocenters. The first-order valence-corrected chi connectivity index (χ1v) is 10.9. The van der Waals surface area contributed by atoms with Crippen LogP contribution in [0.4, 0.5) is 8.78 Å². The fraction of sp³-hybridized carbons (Fsp3) is 0.192. The number of benzene rings is 2. The molecule has 0 saturated carbocycles. The van der Waals surface area contributed by atoms with Crippen LogP contribution in [-0.4, -0.2) is 43.8 Å². The van der Waals surface area contributed by atoms with Gasteiger partial charge in [-0.25, -0.2) is 13.8 Å². The summed E-state index contributed by atoms with van der Waals surface area (Å²) >= 11 is 0. The molecule has 34 heavy (non-hydrogen) atoms. The number of aryl methyl sites for hydroxylation is 1. The van der Waals surface area contributed by atoms with Gasteiger partial charge in [-0.05, 0) is 30.2 Å². The summed E-state index contributed by atoms with van der Waals surface area (Å²) in [6.45, 7) is 0.436. The third-order valence-corrected chi connectivity index (χ3v) is 5.80. The lowest BCUT2D eigenvalue weighted by Gasteiger charge is -2.14. The van der Waals surface area contributed by atoms with Gasteiger partial charge in [-0.2, -0.15) is 0 Å². The second-order valence-electron chi connectivity index (χ2n) is 8.25. The van der Waals surface area contributed by atoms with Gasteiger partial charge in [0, 0.05) is 29.3 Å². The van der Waals surface area contributed by atoms with Crippen molar-refractivity contribution in [1.82, 2.24) is 24.9 Å². The molecule has 6 nitrogen and oxygen atoms in total. The summed E-state index contributed by atoms with van der Waals surface area (Å²) in [6, 6.07) is 21.8. The average Bonchev–Trinajstić information content (AvgIpc) is 3.25. The Morgan fingerprint density at radius 3 is 2.47 bits per heavy atom. The molecule has 5 aromatic rings. The van der Waals surface area contributed by atoms with Crippen LogP contribution < -0.4 is 5.32 Å². The Balaban J connectivity index is 1.55. The van der Waals surface area contributed by atoms with Gasteiger partial charge in [0.1, 0.15) is 12.4 Å². The lowest BCUT2D eigenvalue weighted by molar-refractivity contribution is -0.0477.